The van der Waals surface area contributed by atoms with Gasteiger partial charge in [0.05, 0.1) is 0 Å². The van der Waals surface area contributed by atoms with E-state index in [2.05, 4.69) is 4.98 Å². The maximum absolute atomic E-state index is 13.5. The van der Waals surface area contributed by atoms with Crippen molar-refractivity contribution in [2.24, 2.45) is 0 Å². The van der Waals surface area contributed by atoms with E-state index in [1.54, 1.807) is 6.07 Å². The fraction of sp³-hybridized carbons (Fsp3) is 0.100. The number of rotatable bonds is 2. The molecule has 0 aliphatic carbocycles. The van der Waals surface area contributed by atoms with Gasteiger partial charge in [0.2, 0.25) is 0 Å². The number of hydrogen-bond acceptors (Lipinski definition) is 3. The van der Waals surface area contributed by atoms with Crippen LogP contribution in [0.3, 0.4) is 0 Å². The van der Waals surface area contributed by atoms with Gasteiger partial charge in [-0.05, 0) is 0 Å². The number of halogens is 1. The van der Waals surface area contributed by atoms with Gasteiger partial charge in [0.15, 0.2) is 6.39 Å². The summed E-state index contributed by atoms with van der Waals surface area (Å²) in [5, 5.41) is 9.77. The van der Waals surface area contributed by atoms with Gasteiger partial charge in [-0.2, -0.15) is 0 Å². The summed E-state index contributed by atoms with van der Waals surface area (Å²) in [5.41, 5.74) is 0.332. The molecule has 74 valence electrons. The zero-order chi connectivity index (χ0) is 10.8. The molecule has 0 aliphatic rings. The van der Waals surface area contributed by atoms with Crippen molar-refractivity contribution in [2.75, 3.05) is 0 Å². The first-order valence-corrected chi connectivity index (χ1v) is 4.30. The Bertz CT molecular complexity index is 458. The van der Waals surface area contributed by atoms with Gasteiger partial charge in [0.25, 0.3) is 0 Å². The lowest BCUT2D eigenvalue weighted by molar-refractivity contribution is 0.210. The van der Waals surface area contributed by atoms with Gasteiger partial charge in [-0.3, -0.25) is 0 Å². The molecule has 5 heteroatoms. The molecule has 0 aliphatic heterocycles. The number of nitrogens with zero attached hydrogens (tertiary/aromatic N) is 1. The molecule has 0 bridgehead atoms. The fourth-order valence-corrected chi connectivity index (χ4v) is 1.30. The lowest BCUT2D eigenvalue weighted by Crippen LogP contribution is -2.14. The van der Waals surface area contributed by atoms with Gasteiger partial charge in [-0.1, -0.05) is 23.7 Å². The summed E-state index contributed by atoms with van der Waals surface area (Å²) < 4.78 is 18.2. The maximum Gasteiger partial charge on any atom is 0.180 e. The molecule has 15 heavy (non-hydrogen) atoms. The lowest BCUT2D eigenvalue weighted by Gasteiger charge is -2.10. The summed E-state index contributed by atoms with van der Waals surface area (Å²) in [7, 11) is 5.38. The SMILES string of the molecule is [B]c1cccc(C(O)c2cocn2)c1F. The van der Waals surface area contributed by atoms with Crippen LogP contribution < -0.4 is 5.46 Å². The van der Waals surface area contributed by atoms with Gasteiger partial charge in [-0.25, -0.2) is 9.37 Å². The lowest BCUT2D eigenvalue weighted by atomic mass is 9.91. The van der Waals surface area contributed by atoms with E-state index in [1.165, 1.54) is 24.8 Å². The molecule has 3 nitrogen and oxygen atoms in total. The third kappa shape index (κ3) is 1.78. The standard InChI is InChI=1S/C10H7BFNO2/c11-7-3-1-2-6(9(7)12)10(14)8-4-15-5-13-8/h1-5,10,14H. The van der Waals surface area contributed by atoms with Gasteiger partial charge in [0.1, 0.15) is 31.7 Å². The van der Waals surface area contributed by atoms with E-state index in [9.17, 15) is 9.50 Å². The first kappa shape index (κ1) is 9.92. The third-order valence-electron chi connectivity index (χ3n) is 2.08. The van der Waals surface area contributed by atoms with Crippen LogP contribution in [-0.4, -0.2) is 17.9 Å². The molecular weight excluding hydrogens is 196 g/mol. The minimum Gasteiger partial charge on any atom is -0.451 e. The molecule has 1 aromatic heterocycles. The van der Waals surface area contributed by atoms with Crippen LogP contribution in [0.2, 0.25) is 0 Å². The molecule has 0 saturated carbocycles. The van der Waals surface area contributed by atoms with Crippen LogP contribution in [0, 0.1) is 5.82 Å². The quantitative estimate of drug-likeness (QED) is 0.730. The highest BCUT2D eigenvalue weighted by atomic mass is 19.1. The second-order valence-electron chi connectivity index (χ2n) is 3.07. The molecule has 2 rings (SSSR count). The van der Waals surface area contributed by atoms with E-state index in [1.807, 2.05) is 0 Å². The topological polar surface area (TPSA) is 46.3 Å². The van der Waals surface area contributed by atoms with Crippen LogP contribution in [0.4, 0.5) is 4.39 Å². The Morgan fingerprint density at radius 3 is 2.93 bits per heavy atom. The Kier molecular flexibility index (Phi) is 2.56. The summed E-state index contributed by atoms with van der Waals surface area (Å²) in [4.78, 5) is 3.74. The van der Waals surface area contributed by atoms with Crippen molar-refractivity contribution in [3.05, 3.63) is 47.9 Å². The monoisotopic (exact) mass is 203 g/mol. The Balaban J connectivity index is 2.42. The van der Waals surface area contributed by atoms with Crippen LogP contribution in [0.1, 0.15) is 17.4 Å². The Morgan fingerprint density at radius 1 is 1.47 bits per heavy atom. The highest BCUT2D eigenvalue weighted by Gasteiger charge is 2.17. The van der Waals surface area contributed by atoms with Crippen LogP contribution in [0.25, 0.3) is 0 Å². The zero-order valence-electron chi connectivity index (χ0n) is 7.72. The highest BCUT2D eigenvalue weighted by Crippen LogP contribution is 2.21. The van der Waals surface area contributed by atoms with Crippen molar-refractivity contribution < 1.29 is 13.9 Å². The Hall–Kier alpha value is -1.62. The normalized spacial score (nSPS) is 12.7. The Morgan fingerprint density at radius 2 is 2.27 bits per heavy atom. The minimum atomic E-state index is -1.16. The van der Waals surface area contributed by atoms with Gasteiger partial charge >= 0.3 is 0 Å². The molecular formula is C10H7BFNO2. The fourth-order valence-electron chi connectivity index (χ4n) is 1.30. The van der Waals surface area contributed by atoms with E-state index < -0.39 is 11.9 Å². The predicted molar refractivity (Wildman–Crippen MR) is 52.4 cm³/mol. The summed E-state index contributed by atoms with van der Waals surface area (Å²) >= 11 is 0. The molecule has 2 radical (unpaired) electrons. The Labute approximate surface area is 87.0 Å². The van der Waals surface area contributed by atoms with E-state index in [0.29, 0.717) is 0 Å². The molecule has 0 amide bonds. The number of aliphatic hydroxyl groups is 1. The van der Waals surface area contributed by atoms with Gasteiger partial charge < -0.3 is 9.52 Å². The van der Waals surface area contributed by atoms with Crippen LogP contribution in [0.15, 0.2) is 35.3 Å². The third-order valence-corrected chi connectivity index (χ3v) is 2.08. The van der Waals surface area contributed by atoms with Crippen molar-refractivity contribution in [1.82, 2.24) is 4.98 Å². The van der Waals surface area contributed by atoms with Crippen LogP contribution >= 0.6 is 0 Å². The van der Waals surface area contributed by atoms with Gasteiger partial charge in [0, 0.05) is 5.56 Å². The average molecular weight is 203 g/mol. The highest BCUT2D eigenvalue weighted by molar-refractivity contribution is 6.32. The molecule has 0 saturated heterocycles. The summed E-state index contributed by atoms with van der Waals surface area (Å²) in [6.07, 6.45) is 1.27. The van der Waals surface area contributed by atoms with Crippen molar-refractivity contribution in [3.63, 3.8) is 0 Å². The summed E-state index contributed by atoms with van der Waals surface area (Å²) in [6, 6.07) is 4.44. The smallest absolute Gasteiger partial charge is 0.180 e. The second-order valence-corrected chi connectivity index (χ2v) is 3.07. The zero-order valence-corrected chi connectivity index (χ0v) is 7.72. The van der Waals surface area contributed by atoms with Crippen molar-refractivity contribution in [3.8, 4) is 0 Å². The molecule has 0 spiro atoms. The van der Waals surface area contributed by atoms with Crippen molar-refractivity contribution in [2.45, 2.75) is 6.10 Å². The van der Waals surface area contributed by atoms with E-state index in [-0.39, 0.29) is 16.7 Å². The molecule has 2 aromatic rings. The maximum atomic E-state index is 13.5. The van der Waals surface area contributed by atoms with Crippen molar-refractivity contribution >= 4 is 13.3 Å². The van der Waals surface area contributed by atoms with Crippen LogP contribution in [-0.2, 0) is 0 Å². The molecule has 1 unspecified atom stereocenters. The summed E-state index contributed by atoms with van der Waals surface area (Å²) in [5.74, 6) is -0.631. The summed E-state index contributed by atoms with van der Waals surface area (Å²) in [6.45, 7) is 0. The van der Waals surface area contributed by atoms with Gasteiger partial charge in [-0.15, -0.1) is 0 Å². The average Bonchev–Trinajstić information content (AvgIpc) is 2.74. The number of aliphatic hydroxyl groups excluding tert-OH is 1. The molecule has 1 aromatic carbocycles. The van der Waals surface area contributed by atoms with E-state index in [0.717, 1.165) is 0 Å². The second kappa shape index (κ2) is 3.86. The number of benzene rings is 1. The molecule has 1 heterocycles. The van der Waals surface area contributed by atoms with E-state index in [4.69, 9.17) is 12.3 Å². The van der Waals surface area contributed by atoms with Crippen LogP contribution in [0.5, 0.6) is 0 Å². The first-order chi connectivity index (χ1) is 7.20. The largest absolute Gasteiger partial charge is 0.451 e. The molecule has 1 atom stereocenters. The predicted octanol–water partition coefficient (Wildman–Crippen LogP) is 0.689. The molecule has 1 N–H and O–H groups in total. The van der Waals surface area contributed by atoms with E-state index >= 15 is 0 Å². The number of aromatic nitrogens is 1. The number of hydrogen-bond donors (Lipinski definition) is 1. The first-order valence-electron chi connectivity index (χ1n) is 4.30. The number of oxazole rings is 1. The van der Waals surface area contributed by atoms with Crippen molar-refractivity contribution in [1.29, 1.82) is 0 Å². The minimum absolute atomic E-state index is 0.00459. The molecule has 0 fully saturated rings.